The molecule has 5 rings (SSSR count). The smallest absolute Gasteiger partial charge is 0.335 e. The summed E-state index contributed by atoms with van der Waals surface area (Å²) in [6, 6.07) is 1.80. The highest BCUT2D eigenvalue weighted by atomic mass is 16.6. The minimum atomic E-state index is -1.63. The molecule has 2 heterocycles. The van der Waals surface area contributed by atoms with Crippen LogP contribution in [0.3, 0.4) is 0 Å². The van der Waals surface area contributed by atoms with E-state index in [-0.39, 0.29) is 30.0 Å². The van der Waals surface area contributed by atoms with Gasteiger partial charge in [0.1, 0.15) is 18.0 Å². The van der Waals surface area contributed by atoms with E-state index in [1.54, 1.807) is 38.5 Å². The number of methoxy groups -OCH3 is 1. The van der Waals surface area contributed by atoms with Crippen LogP contribution in [0.4, 0.5) is 0 Å². The first kappa shape index (κ1) is 29.3. The minimum absolute atomic E-state index is 0.139. The first-order chi connectivity index (χ1) is 19.2. The van der Waals surface area contributed by atoms with Crippen molar-refractivity contribution in [1.29, 1.82) is 0 Å². The maximum atomic E-state index is 14.5. The molecule has 1 aliphatic heterocycles. The summed E-state index contributed by atoms with van der Waals surface area (Å²) in [5.41, 5.74) is -0.563. The van der Waals surface area contributed by atoms with Crippen molar-refractivity contribution < 1.29 is 42.9 Å². The Morgan fingerprint density at radius 1 is 1.17 bits per heavy atom. The molecule has 1 aromatic heterocycles. The third kappa shape index (κ3) is 4.14. The average molecular weight is 569 g/mol. The van der Waals surface area contributed by atoms with Crippen LogP contribution in [0.25, 0.3) is 0 Å². The van der Waals surface area contributed by atoms with Gasteiger partial charge in [-0.15, -0.1) is 0 Å². The van der Waals surface area contributed by atoms with E-state index in [9.17, 15) is 24.3 Å². The number of aliphatic hydroxyl groups excluding tert-OH is 1. The third-order valence-electron chi connectivity index (χ3n) is 10.8. The van der Waals surface area contributed by atoms with Gasteiger partial charge in [0.2, 0.25) is 0 Å². The van der Waals surface area contributed by atoms with E-state index in [1.807, 2.05) is 26.8 Å². The molecule has 1 aromatic rings. The second-order valence-corrected chi connectivity index (χ2v) is 13.2. The molecule has 222 valence electrons. The number of aliphatic hydroxyl groups is 1. The Morgan fingerprint density at radius 2 is 1.88 bits per heavy atom. The molecule has 0 radical (unpaired) electrons. The minimum Gasteiger partial charge on any atom is -0.472 e. The summed E-state index contributed by atoms with van der Waals surface area (Å²) in [6.07, 6.45) is 4.96. The van der Waals surface area contributed by atoms with Crippen molar-refractivity contribution >= 4 is 23.7 Å². The van der Waals surface area contributed by atoms with Gasteiger partial charge in [-0.2, -0.15) is 0 Å². The zero-order chi connectivity index (χ0) is 30.1. The lowest BCUT2D eigenvalue weighted by Crippen LogP contribution is -2.69. The fourth-order valence-electron chi connectivity index (χ4n) is 8.68. The van der Waals surface area contributed by atoms with Gasteiger partial charge in [0.15, 0.2) is 6.10 Å². The van der Waals surface area contributed by atoms with Crippen molar-refractivity contribution in [3.63, 3.8) is 0 Å². The van der Waals surface area contributed by atoms with E-state index in [4.69, 9.17) is 18.6 Å². The van der Waals surface area contributed by atoms with Crippen LogP contribution in [0.5, 0.6) is 0 Å². The quantitative estimate of drug-likeness (QED) is 0.236. The molecule has 9 heteroatoms. The van der Waals surface area contributed by atoms with E-state index < -0.39 is 58.3 Å². The molecule has 0 spiro atoms. The SMILES string of the molecule is CC=C(C)C(=O)O[C@@H]1[C@H]2C=C3[C@@H](CC[C@]4(C)[C@@H](c5ccoc5)OC(=O)C[C@@H]34)[C@](C)(C2=O)[C@H]([C@@H](O)C(=O)OC)C1(C)C. The molecule has 1 N–H and O–H groups in total. The van der Waals surface area contributed by atoms with Crippen LogP contribution < -0.4 is 0 Å². The highest BCUT2D eigenvalue weighted by Crippen LogP contribution is 2.68. The maximum absolute atomic E-state index is 14.5. The van der Waals surface area contributed by atoms with E-state index in [1.165, 1.54) is 7.11 Å². The maximum Gasteiger partial charge on any atom is 0.335 e. The molecule has 3 fully saturated rings. The number of fused-ring (bicyclic) bond motifs is 6. The van der Waals surface area contributed by atoms with Crippen LogP contribution in [0.1, 0.15) is 72.5 Å². The van der Waals surface area contributed by atoms with Crippen molar-refractivity contribution in [3.8, 4) is 0 Å². The fraction of sp³-hybridized carbons (Fsp3) is 0.625. The second-order valence-electron chi connectivity index (χ2n) is 13.2. The van der Waals surface area contributed by atoms with Crippen LogP contribution in [0, 0.1) is 39.9 Å². The number of ether oxygens (including phenoxy) is 3. The Kier molecular flexibility index (Phi) is 7.12. The van der Waals surface area contributed by atoms with Crippen LogP contribution in [-0.4, -0.2) is 48.1 Å². The molecule has 0 amide bonds. The van der Waals surface area contributed by atoms with Crippen molar-refractivity contribution in [2.45, 2.75) is 79.1 Å². The van der Waals surface area contributed by atoms with Gasteiger partial charge in [-0.1, -0.05) is 45.4 Å². The van der Waals surface area contributed by atoms with E-state index in [0.29, 0.717) is 18.4 Å². The number of carbonyl (C=O) groups is 4. The number of esters is 3. The highest BCUT2D eigenvalue weighted by molar-refractivity contribution is 5.95. The van der Waals surface area contributed by atoms with Gasteiger partial charge in [-0.25, -0.2) is 9.59 Å². The van der Waals surface area contributed by atoms with Crippen molar-refractivity contribution in [2.24, 2.45) is 39.9 Å². The molecule has 1 saturated heterocycles. The van der Waals surface area contributed by atoms with Crippen LogP contribution in [0.15, 0.2) is 46.3 Å². The molecule has 41 heavy (non-hydrogen) atoms. The summed E-state index contributed by atoms with van der Waals surface area (Å²) in [5.74, 6) is -4.27. The third-order valence-corrected chi connectivity index (χ3v) is 10.8. The fourth-order valence-corrected chi connectivity index (χ4v) is 8.68. The average Bonchev–Trinajstić information content (AvgIpc) is 3.46. The number of allylic oxidation sites excluding steroid dienone is 2. The monoisotopic (exact) mass is 568 g/mol. The lowest BCUT2D eigenvalue weighted by molar-refractivity contribution is -0.208. The molecule has 2 bridgehead atoms. The number of cyclic esters (lactones) is 1. The van der Waals surface area contributed by atoms with Gasteiger partial charge < -0.3 is 23.7 Å². The van der Waals surface area contributed by atoms with Gasteiger partial charge in [-0.05, 0) is 44.6 Å². The van der Waals surface area contributed by atoms with Crippen LogP contribution >= 0.6 is 0 Å². The molecule has 9 nitrogen and oxygen atoms in total. The Hall–Kier alpha value is -3.20. The Balaban J connectivity index is 1.69. The highest BCUT2D eigenvalue weighted by Gasteiger charge is 2.70. The summed E-state index contributed by atoms with van der Waals surface area (Å²) in [6.45, 7) is 11.0. The summed E-state index contributed by atoms with van der Waals surface area (Å²) in [4.78, 5) is 53.4. The largest absolute Gasteiger partial charge is 0.472 e. The van der Waals surface area contributed by atoms with E-state index >= 15 is 0 Å². The number of carbonyl (C=O) groups excluding carboxylic acids is 4. The van der Waals surface area contributed by atoms with E-state index in [0.717, 1.165) is 11.1 Å². The first-order valence-electron chi connectivity index (χ1n) is 14.3. The predicted molar refractivity (Wildman–Crippen MR) is 146 cm³/mol. The summed E-state index contributed by atoms with van der Waals surface area (Å²) >= 11 is 0. The zero-order valence-corrected chi connectivity index (χ0v) is 24.8. The summed E-state index contributed by atoms with van der Waals surface area (Å²) < 4.78 is 22.2. The van der Waals surface area contributed by atoms with Gasteiger partial charge in [0.05, 0.1) is 32.0 Å². The lowest BCUT2D eigenvalue weighted by atomic mass is 9.40. The number of Topliss-reactive ketones (excluding diaryl/α,β-unsaturated/α-hetero) is 1. The topological polar surface area (TPSA) is 129 Å². The zero-order valence-electron chi connectivity index (χ0n) is 24.8. The summed E-state index contributed by atoms with van der Waals surface area (Å²) in [5, 5.41) is 11.5. The van der Waals surface area contributed by atoms with Crippen molar-refractivity contribution in [3.05, 3.63) is 47.5 Å². The number of hydrogen-bond acceptors (Lipinski definition) is 9. The molecule has 2 saturated carbocycles. The molecule has 0 unspecified atom stereocenters. The van der Waals surface area contributed by atoms with Crippen LogP contribution in [0.2, 0.25) is 0 Å². The molecule has 3 aliphatic carbocycles. The number of hydrogen-bond donors (Lipinski definition) is 1. The lowest BCUT2D eigenvalue weighted by Gasteiger charge is -2.64. The molecule has 0 aromatic carbocycles. The van der Waals surface area contributed by atoms with E-state index in [2.05, 4.69) is 6.92 Å². The second kappa shape index (κ2) is 9.96. The molecule has 9 atom stereocenters. The number of ketones is 1. The Morgan fingerprint density at radius 3 is 2.49 bits per heavy atom. The van der Waals surface area contributed by atoms with Crippen molar-refractivity contribution in [1.82, 2.24) is 0 Å². The van der Waals surface area contributed by atoms with Gasteiger partial charge in [0.25, 0.3) is 0 Å². The number of rotatable bonds is 5. The van der Waals surface area contributed by atoms with Crippen LogP contribution in [-0.2, 0) is 33.4 Å². The molecular formula is C32H40O9. The first-order valence-corrected chi connectivity index (χ1v) is 14.3. The molecular weight excluding hydrogens is 528 g/mol. The number of furan rings is 1. The van der Waals surface area contributed by atoms with Gasteiger partial charge in [-0.3, -0.25) is 9.59 Å². The Bertz CT molecular complexity index is 1320. The normalized spacial score (nSPS) is 38.5. The standard InChI is InChI=1S/C32H40O9/c1-8-16(2)28(36)41-27-19-13-18-20(32(6,25(19)35)24(30(27,3)4)23(34)29(37)38-7)9-11-31(5)21(18)14-22(33)40-26(31)17-10-12-39-15-17/h8,10,12-13,15,19-21,23-24,26-27,34H,9,11,14H2,1-7H3/t19-,20+,21-,23+,24+,26+,27+,31-,32-/m0/s1. The predicted octanol–water partition coefficient (Wildman–Crippen LogP) is 4.50. The van der Waals surface area contributed by atoms with Gasteiger partial charge >= 0.3 is 17.9 Å². The molecule has 4 aliphatic rings. The van der Waals surface area contributed by atoms with Gasteiger partial charge in [0, 0.05) is 33.3 Å². The summed E-state index contributed by atoms with van der Waals surface area (Å²) in [7, 11) is 1.20. The van der Waals surface area contributed by atoms with Crippen molar-refractivity contribution in [2.75, 3.05) is 7.11 Å². The Labute approximate surface area is 240 Å².